The number of ether oxygens (including phenoxy) is 1. The monoisotopic (exact) mass is 243 g/mol. The van der Waals surface area contributed by atoms with Gasteiger partial charge < -0.3 is 10.5 Å². The maximum Gasteiger partial charge on any atom is 0.126 e. The molecule has 2 nitrogen and oxygen atoms in total. The summed E-state index contributed by atoms with van der Waals surface area (Å²) >= 11 is 0. The molecule has 2 rings (SSSR count). The van der Waals surface area contributed by atoms with Gasteiger partial charge in [0.2, 0.25) is 0 Å². The lowest BCUT2D eigenvalue weighted by molar-refractivity contribution is 0.419. The van der Waals surface area contributed by atoms with Crippen molar-refractivity contribution >= 4 is 10.8 Å². The number of benzene rings is 2. The quantitative estimate of drug-likeness (QED) is 0.892. The zero-order valence-corrected chi connectivity index (χ0v) is 11.4. The highest BCUT2D eigenvalue weighted by Crippen LogP contribution is 2.36. The molecule has 0 unspecified atom stereocenters. The van der Waals surface area contributed by atoms with Gasteiger partial charge in [-0.1, -0.05) is 44.2 Å². The fourth-order valence-corrected chi connectivity index (χ4v) is 2.54. The van der Waals surface area contributed by atoms with E-state index in [1.165, 1.54) is 16.3 Å². The van der Waals surface area contributed by atoms with Crippen molar-refractivity contribution in [1.82, 2.24) is 0 Å². The Bertz CT molecular complexity index is 546. The van der Waals surface area contributed by atoms with Crippen molar-refractivity contribution in [2.75, 3.05) is 13.7 Å². The van der Waals surface area contributed by atoms with Gasteiger partial charge in [-0.15, -0.1) is 0 Å². The maximum atomic E-state index is 5.73. The lowest BCUT2D eigenvalue weighted by Crippen LogP contribution is -2.22. The van der Waals surface area contributed by atoms with E-state index in [0.29, 0.717) is 6.54 Å². The fourth-order valence-electron chi connectivity index (χ4n) is 2.54. The third-order valence-electron chi connectivity index (χ3n) is 3.60. The molecule has 0 atom stereocenters. The van der Waals surface area contributed by atoms with Gasteiger partial charge in [-0.2, -0.15) is 0 Å². The van der Waals surface area contributed by atoms with Crippen molar-refractivity contribution in [2.45, 2.75) is 25.7 Å². The minimum atomic E-state index is 0.0840. The van der Waals surface area contributed by atoms with E-state index < -0.39 is 0 Å². The van der Waals surface area contributed by atoms with E-state index in [9.17, 15) is 0 Å². The lowest BCUT2D eigenvalue weighted by Gasteiger charge is -2.26. The van der Waals surface area contributed by atoms with Gasteiger partial charge in [-0.05, 0) is 35.4 Å². The average Bonchev–Trinajstić information content (AvgIpc) is 2.37. The van der Waals surface area contributed by atoms with E-state index in [1.54, 1.807) is 7.11 Å². The highest BCUT2D eigenvalue weighted by Gasteiger charge is 2.22. The Balaban J connectivity index is 2.66. The minimum Gasteiger partial charge on any atom is -0.496 e. The summed E-state index contributed by atoms with van der Waals surface area (Å²) in [6, 6.07) is 12.6. The summed E-state index contributed by atoms with van der Waals surface area (Å²) in [4.78, 5) is 0. The van der Waals surface area contributed by atoms with Crippen LogP contribution in [0.2, 0.25) is 0 Å². The predicted molar refractivity (Wildman–Crippen MR) is 77.2 cm³/mol. The van der Waals surface area contributed by atoms with Crippen LogP contribution >= 0.6 is 0 Å². The number of methoxy groups -OCH3 is 1. The van der Waals surface area contributed by atoms with Crippen molar-refractivity contribution in [3.05, 3.63) is 42.0 Å². The van der Waals surface area contributed by atoms with Crippen LogP contribution in [0.25, 0.3) is 10.8 Å². The first-order valence-corrected chi connectivity index (χ1v) is 6.36. The molecule has 0 aliphatic rings. The summed E-state index contributed by atoms with van der Waals surface area (Å²) in [6.07, 6.45) is 0.976. The van der Waals surface area contributed by atoms with Crippen LogP contribution in [0.5, 0.6) is 5.75 Å². The fraction of sp³-hybridized carbons (Fsp3) is 0.375. The van der Waals surface area contributed by atoms with E-state index in [-0.39, 0.29) is 5.41 Å². The topological polar surface area (TPSA) is 35.2 Å². The Morgan fingerprint density at radius 3 is 2.33 bits per heavy atom. The van der Waals surface area contributed by atoms with E-state index in [2.05, 4.69) is 44.2 Å². The molecule has 0 saturated carbocycles. The van der Waals surface area contributed by atoms with Gasteiger partial charge in [0, 0.05) is 5.39 Å². The molecular weight excluding hydrogens is 222 g/mol. The van der Waals surface area contributed by atoms with Gasteiger partial charge in [0.05, 0.1) is 7.11 Å². The van der Waals surface area contributed by atoms with Crippen LogP contribution in [0.4, 0.5) is 0 Å². The molecule has 2 aromatic rings. The van der Waals surface area contributed by atoms with E-state index >= 15 is 0 Å². The molecule has 0 saturated heterocycles. The summed E-state index contributed by atoms with van der Waals surface area (Å²) in [5.41, 5.74) is 7.15. The van der Waals surface area contributed by atoms with Gasteiger partial charge in [-0.25, -0.2) is 0 Å². The number of hydrogen-bond donors (Lipinski definition) is 1. The van der Waals surface area contributed by atoms with Gasteiger partial charge in [0.1, 0.15) is 5.75 Å². The summed E-state index contributed by atoms with van der Waals surface area (Å²) in [6.45, 7) is 5.19. The highest BCUT2D eigenvalue weighted by atomic mass is 16.5. The number of rotatable bonds is 4. The molecule has 0 spiro atoms. The Morgan fingerprint density at radius 2 is 1.72 bits per heavy atom. The van der Waals surface area contributed by atoms with Gasteiger partial charge in [-0.3, -0.25) is 0 Å². The number of hydrogen-bond acceptors (Lipinski definition) is 2. The third-order valence-corrected chi connectivity index (χ3v) is 3.60. The summed E-state index contributed by atoms with van der Waals surface area (Å²) in [7, 11) is 1.71. The van der Waals surface area contributed by atoms with Gasteiger partial charge >= 0.3 is 0 Å². The highest BCUT2D eigenvalue weighted by molar-refractivity contribution is 5.91. The third kappa shape index (κ3) is 2.21. The average molecular weight is 243 g/mol. The van der Waals surface area contributed by atoms with Crippen LogP contribution in [-0.2, 0) is 5.41 Å². The molecule has 0 aliphatic heterocycles. The Hall–Kier alpha value is -1.54. The van der Waals surface area contributed by atoms with Crippen LogP contribution in [0.1, 0.15) is 25.8 Å². The van der Waals surface area contributed by atoms with Crippen LogP contribution < -0.4 is 10.5 Å². The van der Waals surface area contributed by atoms with Crippen LogP contribution in [0.3, 0.4) is 0 Å². The molecule has 96 valence electrons. The first-order valence-electron chi connectivity index (χ1n) is 6.36. The second-order valence-corrected chi connectivity index (χ2v) is 5.28. The summed E-state index contributed by atoms with van der Waals surface area (Å²) < 4.78 is 5.43. The van der Waals surface area contributed by atoms with Crippen molar-refractivity contribution in [2.24, 2.45) is 5.73 Å². The van der Waals surface area contributed by atoms with E-state index in [1.807, 2.05) is 6.07 Å². The zero-order valence-electron chi connectivity index (χ0n) is 11.4. The van der Waals surface area contributed by atoms with Crippen LogP contribution in [0, 0.1) is 0 Å². The molecule has 0 bridgehead atoms. The standard InChI is InChI=1S/C16H21NO/c1-16(2,10-11-17)14-8-9-15(18-3)13-7-5-4-6-12(13)14/h4-9H,10-11,17H2,1-3H3. The van der Waals surface area contributed by atoms with Crippen molar-refractivity contribution < 1.29 is 4.74 Å². The molecule has 0 radical (unpaired) electrons. The van der Waals surface area contributed by atoms with Crippen molar-refractivity contribution in [3.8, 4) is 5.75 Å². The number of fused-ring (bicyclic) bond motifs is 1. The summed E-state index contributed by atoms with van der Waals surface area (Å²) in [5.74, 6) is 0.929. The molecule has 0 aromatic heterocycles. The molecule has 2 aromatic carbocycles. The summed E-state index contributed by atoms with van der Waals surface area (Å²) in [5, 5.41) is 2.43. The van der Waals surface area contributed by atoms with Crippen molar-refractivity contribution in [3.63, 3.8) is 0 Å². The maximum absolute atomic E-state index is 5.73. The first kappa shape index (κ1) is 12.9. The van der Waals surface area contributed by atoms with Gasteiger partial charge in [0.25, 0.3) is 0 Å². The van der Waals surface area contributed by atoms with E-state index in [4.69, 9.17) is 10.5 Å². The first-order chi connectivity index (χ1) is 8.60. The second kappa shape index (κ2) is 4.99. The molecule has 18 heavy (non-hydrogen) atoms. The SMILES string of the molecule is COc1ccc(C(C)(C)CCN)c2ccccc12. The van der Waals surface area contributed by atoms with Crippen LogP contribution in [0.15, 0.2) is 36.4 Å². The molecule has 0 fully saturated rings. The Morgan fingerprint density at radius 1 is 1.06 bits per heavy atom. The molecule has 2 heteroatoms. The second-order valence-electron chi connectivity index (χ2n) is 5.28. The zero-order chi connectivity index (χ0) is 13.2. The predicted octanol–water partition coefficient (Wildman–Crippen LogP) is 3.47. The normalized spacial score (nSPS) is 11.8. The molecule has 0 amide bonds. The Labute approximate surface area is 109 Å². The minimum absolute atomic E-state index is 0.0840. The van der Waals surface area contributed by atoms with Crippen molar-refractivity contribution in [1.29, 1.82) is 0 Å². The Kier molecular flexibility index (Phi) is 3.58. The van der Waals surface area contributed by atoms with Gasteiger partial charge in [0.15, 0.2) is 0 Å². The molecule has 0 aliphatic carbocycles. The molecule has 0 heterocycles. The molecule has 2 N–H and O–H groups in total. The van der Waals surface area contributed by atoms with Crippen LogP contribution in [-0.4, -0.2) is 13.7 Å². The molecular formula is C16H21NO. The lowest BCUT2D eigenvalue weighted by atomic mass is 9.79. The number of nitrogens with two attached hydrogens (primary N) is 1. The smallest absolute Gasteiger partial charge is 0.126 e. The largest absolute Gasteiger partial charge is 0.496 e. The van der Waals surface area contributed by atoms with E-state index in [0.717, 1.165) is 12.2 Å².